The lowest BCUT2D eigenvalue weighted by Gasteiger charge is -2.14. The van der Waals surface area contributed by atoms with Gasteiger partial charge >= 0.3 is 0 Å². The molecule has 0 N–H and O–H groups in total. The molecule has 23 heavy (non-hydrogen) atoms. The Kier molecular flexibility index (Phi) is 3.51. The van der Waals surface area contributed by atoms with Gasteiger partial charge in [-0.2, -0.15) is 5.10 Å². The van der Waals surface area contributed by atoms with Crippen molar-refractivity contribution < 1.29 is 0 Å². The van der Waals surface area contributed by atoms with Gasteiger partial charge in [0.05, 0.1) is 11.7 Å². The number of benzene rings is 1. The Balaban J connectivity index is 1.68. The Morgan fingerprint density at radius 2 is 1.87 bits per heavy atom. The Bertz CT molecular complexity index is 876. The highest BCUT2D eigenvalue weighted by molar-refractivity contribution is 7.09. The zero-order valence-electron chi connectivity index (χ0n) is 12.6. The summed E-state index contributed by atoms with van der Waals surface area (Å²) in [4.78, 5) is 8.94. The molecule has 0 spiro atoms. The van der Waals surface area contributed by atoms with Crippen LogP contribution < -0.4 is 0 Å². The van der Waals surface area contributed by atoms with E-state index in [1.54, 1.807) is 17.5 Å². The van der Waals surface area contributed by atoms with Gasteiger partial charge in [-0.25, -0.2) is 14.6 Å². The molecule has 4 aromatic rings. The van der Waals surface area contributed by atoms with Gasteiger partial charge in [-0.15, -0.1) is 11.3 Å². The van der Waals surface area contributed by atoms with Crippen LogP contribution in [0.1, 0.15) is 18.0 Å². The highest BCUT2D eigenvalue weighted by Gasteiger charge is 2.15. The second-order valence-corrected chi connectivity index (χ2v) is 6.13. The molecule has 0 fully saturated rings. The van der Waals surface area contributed by atoms with Crippen LogP contribution in [-0.2, 0) is 0 Å². The van der Waals surface area contributed by atoms with E-state index in [1.807, 2.05) is 40.9 Å². The molecule has 0 radical (unpaired) electrons. The van der Waals surface area contributed by atoms with Crippen molar-refractivity contribution in [1.29, 1.82) is 0 Å². The highest BCUT2D eigenvalue weighted by atomic mass is 32.1. The molecule has 0 aliphatic heterocycles. The first-order valence-corrected chi connectivity index (χ1v) is 8.23. The molecular formula is C17H15N5S. The first-order valence-electron chi connectivity index (χ1n) is 7.35. The summed E-state index contributed by atoms with van der Waals surface area (Å²) in [6.07, 6.45) is 9.38. The largest absolute Gasteiger partial charge is 0.321 e. The van der Waals surface area contributed by atoms with Crippen LogP contribution in [0.2, 0.25) is 0 Å². The van der Waals surface area contributed by atoms with Crippen molar-refractivity contribution in [2.24, 2.45) is 0 Å². The molecule has 3 heterocycles. The van der Waals surface area contributed by atoms with Gasteiger partial charge in [0.15, 0.2) is 0 Å². The van der Waals surface area contributed by atoms with Crippen molar-refractivity contribution in [1.82, 2.24) is 24.3 Å². The fourth-order valence-corrected chi connectivity index (χ4v) is 3.29. The SMILES string of the molecule is C[C@H](c1nccs1)n1ccnc1-c1ccc(-n2cccn2)cc1. The highest BCUT2D eigenvalue weighted by Crippen LogP contribution is 2.27. The summed E-state index contributed by atoms with van der Waals surface area (Å²) >= 11 is 1.66. The van der Waals surface area contributed by atoms with Crippen molar-refractivity contribution in [3.8, 4) is 17.1 Å². The minimum Gasteiger partial charge on any atom is -0.321 e. The maximum absolute atomic E-state index is 4.53. The Labute approximate surface area is 137 Å². The molecule has 3 aromatic heterocycles. The molecule has 114 valence electrons. The maximum atomic E-state index is 4.53. The minimum absolute atomic E-state index is 0.165. The lowest BCUT2D eigenvalue weighted by molar-refractivity contribution is 0.641. The van der Waals surface area contributed by atoms with Gasteiger partial charge in [0.1, 0.15) is 10.8 Å². The van der Waals surface area contributed by atoms with Gasteiger partial charge in [0, 0.05) is 41.9 Å². The van der Waals surface area contributed by atoms with Crippen molar-refractivity contribution in [2.75, 3.05) is 0 Å². The van der Waals surface area contributed by atoms with Crippen LogP contribution in [0.25, 0.3) is 17.1 Å². The third-order valence-electron chi connectivity index (χ3n) is 3.79. The van der Waals surface area contributed by atoms with Crippen LogP contribution in [-0.4, -0.2) is 24.3 Å². The van der Waals surface area contributed by atoms with Crippen LogP contribution >= 0.6 is 11.3 Å². The maximum Gasteiger partial charge on any atom is 0.140 e. The van der Waals surface area contributed by atoms with Crippen molar-refractivity contribution in [3.63, 3.8) is 0 Å². The predicted molar refractivity (Wildman–Crippen MR) is 90.7 cm³/mol. The third-order valence-corrected chi connectivity index (χ3v) is 4.73. The summed E-state index contributed by atoms with van der Waals surface area (Å²) in [7, 11) is 0. The number of nitrogens with zero attached hydrogens (tertiary/aromatic N) is 5. The fourth-order valence-electron chi connectivity index (χ4n) is 2.59. The van der Waals surface area contributed by atoms with Gasteiger partial charge in [-0.05, 0) is 37.3 Å². The average Bonchev–Trinajstić information content (AvgIpc) is 3.36. The number of thiazole rings is 1. The van der Waals surface area contributed by atoms with E-state index in [0.29, 0.717) is 0 Å². The summed E-state index contributed by atoms with van der Waals surface area (Å²) in [6, 6.07) is 10.3. The Hall–Kier alpha value is -2.73. The van der Waals surface area contributed by atoms with Crippen molar-refractivity contribution in [2.45, 2.75) is 13.0 Å². The summed E-state index contributed by atoms with van der Waals surface area (Å²) in [6.45, 7) is 2.14. The normalized spacial score (nSPS) is 12.4. The summed E-state index contributed by atoms with van der Waals surface area (Å²) in [5.74, 6) is 0.944. The molecule has 1 aromatic carbocycles. The molecule has 0 unspecified atom stereocenters. The van der Waals surface area contributed by atoms with E-state index in [2.05, 4.69) is 50.8 Å². The van der Waals surface area contributed by atoms with E-state index >= 15 is 0 Å². The summed E-state index contributed by atoms with van der Waals surface area (Å²) < 4.78 is 4.00. The molecule has 1 atom stereocenters. The Morgan fingerprint density at radius 3 is 2.57 bits per heavy atom. The van der Waals surface area contributed by atoms with Gasteiger partial charge in [-0.3, -0.25) is 0 Å². The molecule has 6 heteroatoms. The van der Waals surface area contributed by atoms with Gasteiger partial charge in [0.2, 0.25) is 0 Å². The monoisotopic (exact) mass is 321 g/mol. The summed E-state index contributed by atoms with van der Waals surface area (Å²) in [5.41, 5.74) is 2.11. The van der Waals surface area contributed by atoms with Crippen LogP contribution in [0.15, 0.2) is 66.7 Å². The Morgan fingerprint density at radius 1 is 1.00 bits per heavy atom. The van der Waals surface area contributed by atoms with Gasteiger partial charge < -0.3 is 4.57 Å². The number of rotatable bonds is 4. The first-order chi connectivity index (χ1) is 11.3. The second kappa shape index (κ2) is 5.81. The lowest BCUT2D eigenvalue weighted by atomic mass is 10.2. The molecule has 0 bridgehead atoms. The predicted octanol–water partition coefficient (Wildman–Crippen LogP) is 3.80. The van der Waals surface area contributed by atoms with E-state index < -0.39 is 0 Å². The van der Waals surface area contributed by atoms with E-state index in [0.717, 1.165) is 22.1 Å². The smallest absolute Gasteiger partial charge is 0.140 e. The molecule has 0 aliphatic carbocycles. The average molecular weight is 321 g/mol. The number of aromatic nitrogens is 5. The van der Waals surface area contributed by atoms with Gasteiger partial charge in [-0.1, -0.05) is 0 Å². The van der Waals surface area contributed by atoms with Crippen LogP contribution in [0.3, 0.4) is 0 Å². The minimum atomic E-state index is 0.165. The lowest BCUT2D eigenvalue weighted by Crippen LogP contribution is -2.07. The first kappa shape index (κ1) is 13.9. The topological polar surface area (TPSA) is 48.5 Å². The number of hydrogen-bond donors (Lipinski definition) is 0. The van der Waals surface area contributed by atoms with E-state index in [-0.39, 0.29) is 6.04 Å². The fraction of sp³-hybridized carbons (Fsp3) is 0.118. The molecule has 0 saturated heterocycles. The third kappa shape index (κ3) is 2.57. The van der Waals surface area contributed by atoms with Crippen molar-refractivity contribution >= 4 is 11.3 Å². The second-order valence-electron chi connectivity index (χ2n) is 5.20. The molecule has 4 rings (SSSR count). The quantitative estimate of drug-likeness (QED) is 0.574. The van der Waals surface area contributed by atoms with Crippen LogP contribution in [0, 0.1) is 0 Å². The zero-order chi connectivity index (χ0) is 15.6. The van der Waals surface area contributed by atoms with E-state index in [4.69, 9.17) is 0 Å². The van der Waals surface area contributed by atoms with Gasteiger partial charge in [0.25, 0.3) is 0 Å². The molecule has 0 amide bonds. The number of hydrogen-bond acceptors (Lipinski definition) is 4. The molecular weight excluding hydrogens is 306 g/mol. The molecule has 5 nitrogen and oxygen atoms in total. The van der Waals surface area contributed by atoms with E-state index in [9.17, 15) is 0 Å². The molecule has 0 aliphatic rings. The van der Waals surface area contributed by atoms with Crippen LogP contribution in [0.5, 0.6) is 0 Å². The molecule has 0 saturated carbocycles. The zero-order valence-corrected chi connectivity index (χ0v) is 13.4. The standard InChI is InChI=1S/C17H15N5S/c1-13(17-19-9-12-23-17)21-11-8-18-16(21)14-3-5-15(6-4-14)22-10-2-7-20-22/h2-13H,1H3/t13-/m1/s1. The number of imidazole rings is 1. The van der Waals surface area contributed by atoms with Crippen molar-refractivity contribution in [3.05, 3.63) is 71.7 Å². The summed E-state index contributed by atoms with van der Waals surface area (Å²) in [5, 5.41) is 7.33. The van der Waals surface area contributed by atoms with Crippen LogP contribution in [0.4, 0.5) is 0 Å². The van der Waals surface area contributed by atoms with E-state index in [1.165, 1.54) is 0 Å².